The Kier molecular flexibility index (Phi) is 6.23. The molecule has 176 valence electrons. The molecule has 5 nitrogen and oxygen atoms in total. The summed E-state index contributed by atoms with van der Waals surface area (Å²) in [6.07, 6.45) is 3.13. The van der Waals surface area contributed by atoms with Crippen molar-refractivity contribution in [3.8, 4) is 11.5 Å². The van der Waals surface area contributed by atoms with E-state index in [-0.39, 0.29) is 18.1 Å². The maximum atomic E-state index is 5.85. The second-order valence-electron chi connectivity index (χ2n) is 9.34. The first-order valence-electron chi connectivity index (χ1n) is 12.2. The molecule has 0 radical (unpaired) electrons. The molecule has 0 aromatic heterocycles. The molecule has 3 heterocycles. The van der Waals surface area contributed by atoms with Crippen molar-refractivity contribution in [1.29, 1.82) is 0 Å². The molecule has 5 heteroatoms. The van der Waals surface area contributed by atoms with Crippen LogP contribution >= 0.6 is 0 Å². The van der Waals surface area contributed by atoms with Crippen LogP contribution in [0.25, 0.3) is 0 Å². The van der Waals surface area contributed by atoms with Gasteiger partial charge in [-0.2, -0.15) is 0 Å². The van der Waals surface area contributed by atoms with Crippen molar-refractivity contribution in [3.63, 3.8) is 0 Å². The number of hydrogen-bond donors (Lipinski definition) is 0. The first-order valence-corrected chi connectivity index (χ1v) is 12.2. The van der Waals surface area contributed by atoms with Gasteiger partial charge in [-0.1, -0.05) is 48.5 Å². The number of hydrogen-bond acceptors (Lipinski definition) is 5. The van der Waals surface area contributed by atoms with Crippen molar-refractivity contribution in [1.82, 2.24) is 0 Å². The highest BCUT2D eigenvalue weighted by Crippen LogP contribution is 2.34. The third kappa shape index (κ3) is 5.79. The standard InChI is InChI=1S/C29H30O5/c1-4-21(5-2-20(1)3-10-26-15-32-26)29(22-6-11-24(12-7-22)30-16-27-18-33-27)23-8-13-25(14-9-23)31-17-28-19-34-28/h1-2,4-9,11-14,26-29H,3,10,15-19H2. The van der Waals surface area contributed by atoms with Gasteiger partial charge < -0.3 is 23.7 Å². The fourth-order valence-electron chi connectivity index (χ4n) is 4.24. The van der Waals surface area contributed by atoms with Crippen molar-refractivity contribution >= 4 is 0 Å². The molecule has 6 rings (SSSR count). The van der Waals surface area contributed by atoms with Crippen molar-refractivity contribution in [2.24, 2.45) is 0 Å². The summed E-state index contributed by atoms with van der Waals surface area (Å²) in [5, 5.41) is 0. The Bertz CT molecular complexity index is 924. The SMILES string of the molecule is c1cc(C(c2ccc(OCC3CO3)cc2)c2ccc(OCC3CO3)cc2)ccc1CCC1CO1. The van der Waals surface area contributed by atoms with Gasteiger partial charge in [0.1, 0.15) is 36.9 Å². The van der Waals surface area contributed by atoms with E-state index in [0.717, 1.165) is 44.2 Å². The first kappa shape index (κ1) is 21.7. The summed E-state index contributed by atoms with van der Waals surface area (Å²) in [6, 6.07) is 25.9. The number of benzene rings is 3. The van der Waals surface area contributed by atoms with Gasteiger partial charge in [0.2, 0.25) is 0 Å². The van der Waals surface area contributed by atoms with Crippen LogP contribution in [0, 0.1) is 0 Å². The molecule has 0 amide bonds. The van der Waals surface area contributed by atoms with Crippen LogP contribution in [0.3, 0.4) is 0 Å². The Labute approximate surface area is 200 Å². The second kappa shape index (κ2) is 9.79. The Morgan fingerprint density at radius 2 is 1.00 bits per heavy atom. The molecule has 3 saturated heterocycles. The van der Waals surface area contributed by atoms with E-state index in [0.29, 0.717) is 19.3 Å². The first-order chi connectivity index (χ1) is 16.8. The summed E-state index contributed by atoms with van der Waals surface area (Å²) in [5.41, 5.74) is 5.09. The summed E-state index contributed by atoms with van der Waals surface area (Å²) in [5.74, 6) is 1.88. The summed E-state index contributed by atoms with van der Waals surface area (Å²) in [7, 11) is 0. The Hall–Kier alpha value is -2.86. The van der Waals surface area contributed by atoms with E-state index in [1.54, 1.807) is 0 Å². The molecule has 0 N–H and O–H groups in total. The highest BCUT2D eigenvalue weighted by Gasteiger charge is 2.25. The predicted molar refractivity (Wildman–Crippen MR) is 129 cm³/mol. The molecule has 3 aromatic rings. The van der Waals surface area contributed by atoms with Gasteiger partial charge in [0.25, 0.3) is 0 Å². The third-order valence-corrected chi connectivity index (χ3v) is 6.57. The molecular weight excluding hydrogens is 428 g/mol. The van der Waals surface area contributed by atoms with Gasteiger partial charge in [0.05, 0.1) is 25.9 Å². The number of epoxide rings is 3. The van der Waals surface area contributed by atoms with E-state index < -0.39 is 0 Å². The van der Waals surface area contributed by atoms with Gasteiger partial charge in [-0.25, -0.2) is 0 Å². The maximum absolute atomic E-state index is 5.85. The van der Waals surface area contributed by atoms with Gasteiger partial charge >= 0.3 is 0 Å². The fraction of sp³-hybridized carbons (Fsp3) is 0.379. The molecule has 3 atom stereocenters. The lowest BCUT2D eigenvalue weighted by molar-refractivity contribution is 0.263. The molecule has 0 spiro atoms. The lowest BCUT2D eigenvalue weighted by Crippen LogP contribution is -2.07. The van der Waals surface area contributed by atoms with Crippen LogP contribution in [0.2, 0.25) is 0 Å². The van der Waals surface area contributed by atoms with Crippen molar-refractivity contribution in [2.75, 3.05) is 33.0 Å². The number of aryl methyl sites for hydroxylation is 1. The average molecular weight is 459 g/mol. The van der Waals surface area contributed by atoms with Crippen molar-refractivity contribution in [2.45, 2.75) is 37.1 Å². The third-order valence-electron chi connectivity index (χ3n) is 6.57. The van der Waals surface area contributed by atoms with Gasteiger partial charge in [0, 0.05) is 5.92 Å². The van der Waals surface area contributed by atoms with E-state index in [1.165, 1.54) is 22.3 Å². The Balaban J connectivity index is 1.22. The summed E-state index contributed by atoms with van der Waals surface area (Å²) in [4.78, 5) is 0. The number of ether oxygens (including phenoxy) is 5. The smallest absolute Gasteiger partial charge is 0.119 e. The average Bonchev–Trinajstić information content (AvgIpc) is 3.73. The molecular formula is C29H30O5. The Morgan fingerprint density at radius 3 is 1.41 bits per heavy atom. The van der Waals surface area contributed by atoms with Crippen molar-refractivity contribution in [3.05, 3.63) is 95.1 Å². The highest BCUT2D eigenvalue weighted by molar-refractivity contribution is 5.46. The number of rotatable bonds is 12. The molecule has 3 aliphatic heterocycles. The summed E-state index contributed by atoms with van der Waals surface area (Å²) >= 11 is 0. The minimum atomic E-state index is 0.127. The molecule has 0 saturated carbocycles. The normalized spacial score (nSPS) is 23.2. The molecule has 34 heavy (non-hydrogen) atoms. The molecule has 3 fully saturated rings. The maximum Gasteiger partial charge on any atom is 0.119 e. The van der Waals surface area contributed by atoms with Crippen LogP contribution in [0.15, 0.2) is 72.8 Å². The van der Waals surface area contributed by atoms with Gasteiger partial charge in [-0.15, -0.1) is 0 Å². The predicted octanol–water partition coefficient (Wildman–Crippen LogP) is 4.75. The zero-order chi connectivity index (χ0) is 22.7. The molecule has 0 aliphatic carbocycles. The molecule has 3 aliphatic rings. The van der Waals surface area contributed by atoms with Crippen LogP contribution in [0.1, 0.15) is 34.6 Å². The topological polar surface area (TPSA) is 56.0 Å². The van der Waals surface area contributed by atoms with E-state index in [2.05, 4.69) is 72.8 Å². The highest BCUT2D eigenvalue weighted by atomic mass is 16.6. The van der Waals surface area contributed by atoms with Crippen LogP contribution in [0.5, 0.6) is 11.5 Å². The fourth-order valence-corrected chi connectivity index (χ4v) is 4.24. The quantitative estimate of drug-likeness (QED) is 0.290. The van der Waals surface area contributed by atoms with Crippen LogP contribution in [0.4, 0.5) is 0 Å². The van der Waals surface area contributed by atoms with Crippen LogP contribution in [-0.4, -0.2) is 51.3 Å². The van der Waals surface area contributed by atoms with E-state index in [1.807, 2.05) is 0 Å². The van der Waals surface area contributed by atoms with E-state index >= 15 is 0 Å². The zero-order valence-electron chi connectivity index (χ0n) is 19.2. The van der Waals surface area contributed by atoms with Crippen LogP contribution < -0.4 is 9.47 Å². The Morgan fingerprint density at radius 1 is 0.588 bits per heavy atom. The minimum Gasteiger partial charge on any atom is -0.491 e. The molecule has 3 unspecified atom stereocenters. The second-order valence-corrected chi connectivity index (χ2v) is 9.34. The lowest BCUT2D eigenvalue weighted by Gasteiger charge is -2.20. The van der Waals surface area contributed by atoms with Gasteiger partial charge in [-0.05, 0) is 59.4 Å². The summed E-state index contributed by atoms with van der Waals surface area (Å²) < 4.78 is 27.5. The zero-order valence-corrected chi connectivity index (χ0v) is 19.2. The van der Waals surface area contributed by atoms with Crippen LogP contribution in [-0.2, 0) is 20.6 Å². The van der Waals surface area contributed by atoms with E-state index in [4.69, 9.17) is 23.7 Å². The van der Waals surface area contributed by atoms with Gasteiger partial charge in [0.15, 0.2) is 0 Å². The van der Waals surface area contributed by atoms with Crippen molar-refractivity contribution < 1.29 is 23.7 Å². The largest absolute Gasteiger partial charge is 0.491 e. The monoisotopic (exact) mass is 458 g/mol. The molecule has 3 aromatic carbocycles. The van der Waals surface area contributed by atoms with E-state index in [9.17, 15) is 0 Å². The minimum absolute atomic E-state index is 0.127. The molecule has 0 bridgehead atoms. The van der Waals surface area contributed by atoms with Gasteiger partial charge in [-0.3, -0.25) is 0 Å². The lowest BCUT2D eigenvalue weighted by atomic mass is 9.84. The summed E-state index contributed by atoms with van der Waals surface area (Å²) in [6.45, 7) is 3.75.